The van der Waals surface area contributed by atoms with E-state index in [1.165, 1.54) is 5.56 Å². The van der Waals surface area contributed by atoms with E-state index in [2.05, 4.69) is 36.1 Å². The summed E-state index contributed by atoms with van der Waals surface area (Å²) in [5.74, 6) is 0.681. The van der Waals surface area contributed by atoms with E-state index in [1.807, 2.05) is 12.3 Å². The summed E-state index contributed by atoms with van der Waals surface area (Å²) in [6.45, 7) is 4.45. The normalized spacial score (nSPS) is 11.3. The number of hydrogen-bond acceptors (Lipinski definition) is 1. The molecule has 0 aliphatic heterocycles. The molecule has 0 unspecified atom stereocenters. The van der Waals surface area contributed by atoms with Crippen LogP contribution < -0.4 is 0 Å². The Bertz CT molecular complexity index is 401. The van der Waals surface area contributed by atoms with Crippen molar-refractivity contribution in [2.75, 3.05) is 0 Å². The molecular formula is C11H14N2. The zero-order valence-corrected chi connectivity index (χ0v) is 8.04. The molecule has 2 heterocycles. The predicted octanol–water partition coefficient (Wildman–Crippen LogP) is 2.76. The van der Waals surface area contributed by atoms with Gasteiger partial charge in [0.25, 0.3) is 0 Å². The Hall–Kier alpha value is -1.31. The van der Waals surface area contributed by atoms with E-state index in [0.717, 1.165) is 17.5 Å². The largest absolute Gasteiger partial charge is 0.360 e. The molecular weight excluding hydrogens is 160 g/mol. The molecule has 0 aliphatic rings. The summed E-state index contributed by atoms with van der Waals surface area (Å²) < 4.78 is 0. The second-order valence-corrected chi connectivity index (χ2v) is 3.81. The Morgan fingerprint density at radius 3 is 3.08 bits per heavy atom. The van der Waals surface area contributed by atoms with Gasteiger partial charge in [0.15, 0.2) is 0 Å². The molecule has 68 valence electrons. The summed E-state index contributed by atoms with van der Waals surface area (Å²) in [6.07, 6.45) is 5.01. The molecule has 0 aliphatic carbocycles. The monoisotopic (exact) mass is 174 g/mol. The van der Waals surface area contributed by atoms with Crippen molar-refractivity contribution >= 4 is 11.0 Å². The molecule has 0 spiro atoms. The second-order valence-electron chi connectivity index (χ2n) is 3.81. The van der Waals surface area contributed by atoms with Crippen LogP contribution >= 0.6 is 0 Å². The topological polar surface area (TPSA) is 28.7 Å². The first-order valence-electron chi connectivity index (χ1n) is 4.68. The first-order valence-corrected chi connectivity index (χ1v) is 4.68. The minimum atomic E-state index is 0.681. The van der Waals surface area contributed by atoms with Crippen LogP contribution in [0, 0.1) is 5.92 Å². The summed E-state index contributed by atoms with van der Waals surface area (Å²) in [5.41, 5.74) is 3.58. The van der Waals surface area contributed by atoms with Gasteiger partial charge in [0.1, 0.15) is 0 Å². The number of aromatic nitrogens is 2. The minimum Gasteiger partial charge on any atom is -0.360 e. The van der Waals surface area contributed by atoms with Gasteiger partial charge in [-0.15, -0.1) is 0 Å². The molecule has 0 fully saturated rings. The van der Waals surface area contributed by atoms with Crippen molar-refractivity contribution in [3.8, 4) is 0 Å². The summed E-state index contributed by atoms with van der Waals surface area (Å²) in [5, 5.41) is 0. The van der Waals surface area contributed by atoms with Crippen LogP contribution in [0.15, 0.2) is 24.5 Å². The number of aromatic amines is 1. The molecule has 2 aromatic rings. The molecule has 13 heavy (non-hydrogen) atoms. The standard InChI is InChI=1S/C11H14N2/c1-8(2)6-9-7-13-10-4-3-5-12-11(9)10/h3-5,7-8,13H,6H2,1-2H3. The van der Waals surface area contributed by atoms with Gasteiger partial charge in [-0.3, -0.25) is 4.98 Å². The highest BCUT2D eigenvalue weighted by Gasteiger charge is 2.05. The molecule has 1 N–H and O–H groups in total. The van der Waals surface area contributed by atoms with Crippen molar-refractivity contribution in [1.29, 1.82) is 0 Å². The van der Waals surface area contributed by atoms with Crippen LogP contribution in [0.25, 0.3) is 11.0 Å². The maximum atomic E-state index is 4.36. The van der Waals surface area contributed by atoms with Gasteiger partial charge in [-0.25, -0.2) is 0 Å². The smallest absolute Gasteiger partial charge is 0.0910 e. The Labute approximate surface area is 78.0 Å². The van der Waals surface area contributed by atoms with E-state index in [9.17, 15) is 0 Å². The van der Waals surface area contributed by atoms with E-state index < -0.39 is 0 Å². The second kappa shape index (κ2) is 3.21. The van der Waals surface area contributed by atoms with Gasteiger partial charge < -0.3 is 4.98 Å². The van der Waals surface area contributed by atoms with E-state index >= 15 is 0 Å². The molecule has 0 aromatic carbocycles. The Balaban J connectivity index is 2.46. The summed E-state index contributed by atoms with van der Waals surface area (Å²) in [6, 6.07) is 4.02. The van der Waals surface area contributed by atoms with Crippen molar-refractivity contribution in [2.45, 2.75) is 20.3 Å². The van der Waals surface area contributed by atoms with Gasteiger partial charge in [-0.2, -0.15) is 0 Å². The maximum absolute atomic E-state index is 4.36. The molecule has 0 amide bonds. The Morgan fingerprint density at radius 1 is 1.46 bits per heavy atom. The van der Waals surface area contributed by atoms with E-state index in [-0.39, 0.29) is 0 Å². The Morgan fingerprint density at radius 2 is 2.31 bits per heavy atom. The number of H-pyrrole nitrogens is 1. The third-order valence-corrected chi connectivity index (χ3v) is 2.14. The molecule has 2 nitrogen and oxygen atoms in total. The van der Waals surface area contributed by atoms with Crippen LogP contribution in [-0.2, 0) is 6.42 Å². The van der Waals surface area contributed by atoms with Crippen molar-refractivity contribution < 1.29 is 0 Å². The summed E-state index contributed by atoms with van der Waals surface area (Å²) >= 11 is 0. The fourth-order valence-electron chi connectivity index (χ4n) is 1.61. The van der Waals surface area contributed by atoms with Gasteiger partial charge in [0.05, 0.1) is 11.0 Å². The van der Waals surface area contributed by atoms with Crippen LogP contribution in [0.5, 0.6) is 0 Å². The third kappa shape index (κ3) is 1.57. The number of fused-ring (bicyclic) bond motifs is 1. The lowest BCUT2D eigenvalue weighted by atomic mass is 10.1. The Kier molecular flexibility index (Phi) is 2.05. The van der Waals surface area contributed by atoms with Crippen LogP contribution in [0.2, 0.25) is 0 Å². The third-order valence-electron chi connectivity index (χ3n) is 2.14. The molecule has 0 atom stereocenters. The molecule has 2 heteroatoms. The fourth-order valence-corrected chi connectivity index (χ4v) is 1.61. The van der Waals surface area contributed by atoms with Gasteiger partial charge >= 0.3 is 0 Å². The van der Waals surface area contributed by atoms with Gasteiger partial charge in [0.2, 0.25) is 0 Å². The highest BCUT2D eigenvalue weighted by Crippen LogP contribution is 2.17. The number of nitrogens with zero attached hydrogens (tertiary/aromatic N) is 1. The van der Waals surface area contributed by atoms with Crippen molar-refractivity contribution in [2.24, 2.45) is 5.92 Å². The fraction of sp³-hybridized carbons (Fsp3) is 0.364. The molecule has 0 radical (unpaired) electrons. The van der Waals surface area contributed by atoms with E-state index in [0.29, 0.717) is 5.92 Å². The maximum Gasteiger partial charge on any atom is 0.0910 e. The van der Waals surface area contributed by atoms with E-state index in [1.54, 1.807) is 0 Å². The van der Waals surface area contributed by atoms with Crippen molar-refractivity contribution in [3.05, 3.63) is 30.1 Å². The minimum absolute atomic E-state index is 0.681. The van der Waals surface area contributed by atoms with E-state index in [4.69, 9.17) is 0 Å². The van der Waals surface area contributed by atoms with Gasteiger partial charge in [-0.1, -0.05) is 13.8 Å². The zero-order valence-electron chi connectivity index (χ0n) is 8.04. The first-order chi connectivity index (χ1) is 6.27. The van der Waals surface area contributed by atoms with Crippen LogP contribution in [0.1, 0.15) is 19.4 Å². The van der Waals surface area contributed by atoms with Crippen LogP contribution in [0.4, 0.5) is 0 Å². The first kappa shape index (κ1) is 8.30. The molecule has 0 bridgehead atoms. The SMILES string of the molecule is CC(C)Cc1c[nH]c2cccnc12. The number of pyridine rings is 1. The van der Waals surface area contributed by atoms with Crippen LogP contribution in [0.3, 0.4) is 0 Å². The highest BCUT2D eigenvalue weighted by molar-refractivity contribution is 5.78. The average molecular weight is 174 g/mol. The van der Waals surface area contributed by atoms with Gasteiger partial charge in [-0.05, 0) is 30.0 Å². The lowest BCUT2D eigenvalue weighted by Crippen LogP contribution is -1.92. The van der Waals surface area contributed by atoms with Gasteiger partial charge in [0, 0.05) is 12.4 Å². The molecule has 2 aromatic heterocycles. The molecule has 2 rings (SSSR count). The van der Waals surface area contributed by atoms with Crippen molar-refractivity contribution in [1.82, 2.24) is 9.97 Å². The summed E-state index contributed by atoms with van der Waals surface area (Å²) in [4.78, 5) is 7.59. The molecule has 0 saturated carbocycles. The lowest BCUT2D eigenvalue weighted by molar-refractivity contribution is 0.649. The predicted molar refractivity (Wildman–Crippen MR) is 54.6 cm³/mol. The number of rotatable bonds is 2. The van der Waals surface area contributed by atoms with Crippen molar-refractivity contribution in [3.63, 3.8) is 0 Å². The lowest BCUT2D eigenvalue weighted by Gasteiger charge is -2.01. The summed E-state index contributed by atoms with van der Waals surface area (Å²) in [7, 11) is 0. The molecule has 0 saturated heterocycles. The average Bonchev–Trinajstić information content (AvgIpc) is 2.48. The van der Waals surface area contributed by atoms with Crippen LogP contribution in [-0.4, -0.2) is 9.97 Å². The zero-order chi connectivity index (χ0) is 9.26. The quantitative estimate of drug-likeness (QED) is 0.745. The number of nitrogens with one attached hydrogen (secondary N) is 1. The highest BCUT2D eigenvalue weighted by atomic mass is 14.8. The number of hydrogen-bond donors (Lipinski definition) is 1.